The van der Waals surface area contributed by atoms with Crippen molar-refractivity contribution in [1.82, 2.24) is 4.90 Å². The first-order valence-corrected chi connectivity index (χ1v) is 6.03. The van der Waals surface area contributed by atoms with Crippen LogP contribution in [0, 0.1) is 12.3 Å². The van der Waals surface area contributed by atoms with Crippen LogP contribution in [0.4, 0.5) is 18.9 Å². The van der Waals surface area contributed by atoms with Gasteiger partial charge >= 0.3 is 18.0 Å². The molecule has 0 spiro atoms. The Morgan fingerprint density at radius 3 is 2.64 bits per heavy atom. The fourth-order valence-corrected chi connectivity index (χ4v) is 1.49. The molecule has 0 aliphatic carbocycles. The smallest absolute Gasteiger partial charge is 0.382 e. The molecule has 1 rings (SSSR count). The van der Waals surface area contributed by atoms with Crippen LogP contribution in [0.25, 0.3) is 0 Å². The number of alkyl halides is 3. The number of nitrogens with one attached hydrogen (secondary N) is 1. The van der Waals surface area contributed by atoms with Gasteiger partial charge in [-0.3, -0.25) is 9.59 Å². The number of nitrogens with zero attached hydrogens (tertiary/aromatic N) is 1. The number of halogens is 3. The lowest BCUT2D eigenvalue weighted by atomic mass is 10.2. The maximum absolute atomic E-state index is 12.2. The quantitative estimate of drug-likeness (QED) is 0.646. The van der Waals surface area contributed by atoms with Crippen molar-refractivity contribution in [3.05, 3.63) is 29.8 Å². The third-order valence-electron chi connectivity index (χ3n) is 2.65. The molecule has 0 aliphatic heterocycles. The fourth-order valence-electron chi connectivity index (χ4n) is 1.49. The lowest BCUT2D eigenvalue weighted by Crippen LogP contribution is -2.45. The molecule has 0 aromatic heterocycles. The molecule has 0 unspecified atom stereocenters. The second-order valence-corrected chi connectivity index (χ2v) is 4.42. The molecule has 22 heavy (non-hydrogen) atoms. The second kappa shape index (κ2) is 6.95. The van der Waals surface area contributed by atoms with Crippen molar-refractivity contribution in [3.8, 4) is 12.3 Å². The zero-order valence-electron chi connectivity index (χ0n) is 11.5. The molecular formula is C14H13F3N2O3. The Morgan fingerprint density at radius 1 is 1.45 bits per heavy atom. The number of carbonyl (C=O) groups is 2. The molecule has 0 heterocycles. The summed E-state index contributed by atoms with van der Waals surface area (Å²) >= 11 is 0. The van der Waals surface area contributed by atoms with Crippen LogP contribution in [0.5, 0.6) is 0 Å². The Kier molecular flexibility index (Phi) is 5.54. The van der Waals surface area contributed by atoms with Gasteiger partial charge in [-0.2, -0.15) is 13.2 Å². The van der Waals surface area contributed by atoms with Crippen LogP contribution < -0.4 is 5.32 Å². The van der Waals surface area contributed by atoms with E-state index in [1.807, 2.05) is 0 Å². The predicted molar refractivity (Wildman–Crippen MR) is 72.7 cm³/mol. The third-order valence-corrected chi connectivity index (χ3v) is 2.65. The number of terminal acetylenes is 1. The molecule has 118 valence electrons. The molecule has 1 atom stereocenters. The van der Waals surface area contributed by atoms with E-state index in [-0.39, 0.29) is 5.69 Å². The molecule has 1 aromatic rings. The molecular weight excluding hydrogens is 301 g/mol. The molecule has 0 fully saturated rings. The summed E-state index contributed by atoms with van der Waals surface area (Å²) in [6.45, 7) is -1.04. The van der Waals surface area contributed by atoms with E-state index in [9.17, 15) is 22.8 Å². The molecule has 8 heteroatoms. The molecule has 0 bridgehead atoms. The summed E-state index contributed by atoms with van der Waals surface area (Å²) in [5.41, 5.74) is 0.699. The minimum absolute atomic E-state index is 0.235. The standard InChI is InChI=1S/C14H13F3N2O3/c1-3-9-5-4-6-10(7-9)18-12(21)13(22)19(2)8-11(20)14(15,16)17/h1,4-7,11,20H,8H2,2H3,(H,18,21)/t11-/m1/s1. The zero-order chi connectivity index (χ0) is 16.9. The number of benzene rings is 1. The maximum atomic E-state index is 12.2. The Bertz CT molecular complexity index is 608. The fraction of sp³-hybridized carbons (Fsp3) is 0.286. The number of aliphatic hydroxyl groups excluding tert-OH is 1. The lowest BCUT2D eigenvalue weighted by molar-refractivity contribution is -0.207. The number of aliphatic hydroxyl groups is 1. The number of hydrogen-bond donors (Lipinski definition) is 2. The SMILES string of the molecule is C#Cc1cccc(NC(=O)C(=O)N(C)C[C@@H](O)C(F)(F)F)c1. The third kappa shape index (κ3) is 4.79. The van der Waals surface area contributed by atoms with Gasteiger partial charge in [0.05, 0.1) is 6.54 Å². The first-order valence-electron chi connectivity index (χ1n) is 6.03. The average Bonchev–Trinajstić information content (AvgIpc) is 2.45. The molecule has 0 radical (unpaired) electrons. The van der Waals surface area contributed by atoms with Crippen molar-refractivity contribution >= 4 is 17.5 Å². The highest BCUT2D eigenvalue weighted by Gasteiger charge is 2.39. The first-order chi connectivity index (χ1) is 10.1. The summed E-state index contributed by atoms with van der Waals surface area (Å²) < 4.78 is 36.6. The summed E-state index contributed by atoms with van der Waals surface area (Å²) in [6, 6.07) is 6.04. The number of amides is 2. The normalized spacial score (nSPS) is 12.2. The molecule has 2 amide bonds. The van der Waals surface area contributed by atoms with Crippen LogP contribution in [-0.4, -0.2) is 47.7 Å². The number of anilines is 1. The number of carbonyl (C=O) groups excluding carboxylic acids is 2. The molecule has 2 N–H and O–H groups in total. The van der Waals surface area contributed by atoms with E-state index < -0.39 is 30.6 Å². The molecule has 1 aromatic carbocycles. The van der Waals surface area contributed by atoms with Crippen molar-refractivity contribution in [3.63, 3.8) is 0 Å². The number of hydrogen-bond acceptors (Lipinski definition) is 3. The Balaban J connectivity index is 2.68. The van der Waals surface area contributed by atoms with E-state index in [2.05, 4.69) is 11.2 Å². The molecule has 0 saturated carbocycles. The molecule has 0 saturated heterocycles. The van der Waals surface area contributed by atoms with Gasteiger partial charge in [0.2, 0.25) is 0 Å². The van der Waals surface area contributed by atoms with Gasteiger partial charge in [-0.15, -0.1) is 6.42 Å². The topological polar surface area (TPSA) is 69.6 Å². The van der Waals surface area contributed by atoms with E-state index in [1.165, 1.54) is 12.1 Å². The Morgan fingerprint density at radius 2 is 2.09 bits per heavy atom. The number of likely N-dealkylation sites (N-methyl/N-ethyl adjacent to an activating group) is 1. The van der Waals surface area contributed by atoms with Crippen LogP contribution in [0.2, 0.25) is 0 Å². The van der Waals surface area contributed by atoms with Gasteiger partial charge in [-0.05, 0) is 18.2 Å². The monoisotopic (exact) mass is 314 g/mol. The average molecular weight is 314 g/mol. The van der Waals surface area contributed by atoms with Gasteiger partial charge < -0.3 is 15.3 Å². The largest absolute Gasteiger partial charge is 0.416 e. The zero-order valence-corrected chi connectivity index (χ0v) is 11.5. The van der Waals surface area contributed by atoms with E-state index in [4.69, 9.17) is 11.5 Å². The van der Waals surface area contributed by atoms with E-state index in [0.29, 0.717) is 10.5 Å². The van der Waals surface area contributed by atoms with E-state index in [0.717, 1.165) is 7.05 Å². The van der Waals surface area contributed by atoms with Gasteiger partial charge in [0.15, 0.2) is 6.10 Å². The lowest BCUT2D eigenvalue weighted by Gasteiger charge is -2.21. The Hall–Kier alpha value is -2.53. The minimum Gasteiger partial charge on any atom is -0.382 e. The molecule has 5 nitrogen and oxygen atoms in total. The highest BCUT2D eigenvalue weighted by Crippen LogP contribution is 2.20. The van der Waals surface area contributed by atoms with Crippen LogP contribution in [0.1, 0.15) is 5.56 Å². The van der Waals surface area contributed by atoms with Gasteiger partial charge in [0.1, 0.15) is 0 Å². The van der Waals surface area contributed by atoms with Gasteiger partial charge in [-0.25, -0.2) is 0 Å². The van der Waals surface area contributed by atoms with Crippen molar-refractivity contribution in [1.29, 1.82) is 0 Å². The van der Waals surface area contributed by atoms with Crippen molar-refractivity contribution < 1.29 is 27.9 Å². The van der Waals surface area contributed by atoms with Crippen LogP contribution >= 0.6 is 0 Å². The van der Waals surface area contributed by atoms with Crippen molar-refractivity contribution in [2.75, 3.05) is 18.9 Å². The summed E-state index contributed by atoms with van der Waals surface area (Å²) in [6.07, 6.45) is -2.41. The molecule has 0 aliphatic rings. The summed E-state index contributed by atoms with van der Waals surface area (Å²) in [4.78, 5) is 23.8. The number of rotatable bonds is 3. The highest BCUT2D eigenvalue weighted by molar-refractivity contribution is 6.39. The van der Waals surface area contributed by atoms with Crippen LogP contribution in [-0.2, 0) is 9.59 Å². The summed E-state index contributed by atoms with van der Waals surface area (Å²) in [5.74, 6) is -0.0162. The van der Waals surface area contributed by atoms with Crippen LogP contribution in [0.15, 0.2) is 24.3 Å². The summed E-state index contributed by atoms with van der Waals surface area (Å²) in [7, 11) is 0.981. The van der Waals surface area contributed by atoms with Crippen molar-refractivity contribution in [2.45, 2.75) is 12.3 Å². The summed E-state index contributed by atoms with van der Waals surface area (Å²) in [5, 5.41) is 11.1. The highest BCUT2D eigenvalue weighted by atomic mass is 19.4. The van der Waals surface area contributed by atoms with Crippen molar-refractivity contribution in [2.24, 2.45) is 0 Å². The van der Waals surface area contributed by atoms with Gasteiger partial charge in [0, 0.05) is 18.3 Å². The van der Waals surface area contributed by atoms with Crippen LogP contribution in [0.3, 0.4) is 0 Å². The van der Waals surface area contributed by atoms with Gasteiger partial charge in [0.25, 0.3) is 0 Å². The van der Waals surface area contributed by atoms with Gasteiger partial charge in [-0.1, -0.05) is 12.0 Å². The second-order valence-electron chi connectivity index (χ2n) is 4.42. The minimum atomic E-state index is -4.87. The maximum Gasteiger partial charge on any atom is 0.416 e. The van der Waals surface area contributed by atoms with E-state index in [1.54, 1.807) is 12.1 Å². The predicted octanol–water partition coefficient (Wildman–Crippen LogP) is 0.988. The Labute approximate surface area is 124 Å². The first kappa shape index (κ1) is 17.5. The van der Waals surface area contributed by atoms with E-state index >= 15 is 0 Å².